The molecule has 0 aliphatic carbocycles. The topological polar surface area (TPSA) is 144 Å². The van der Waals surface area contributed by atoms with E-state index in [9.17, 15) is 14.4 Å². The third kappa shape index (κ3) is 7.36. The predicted octanol–water partition coefficient (Wildman–Crippen LogP) is 1.80. The zero-order valence-electron chi connectivity index (χ0n) is 20.6. The van der Waals surface area contributed by atoms with Crippen molar-refractivity contribution in [2.75, 3.05) is 25.3 Å². The van der Waals surface area contributed by atoms with Gasteiger partial charge in [0.25, 0.3) is 5.91 Å². The lowest BCUT2D eigenvalue weighted by molar-refractivity contribution is -0.125. The second-order valence-electron chi connectivity index (χ2n) is 8.26. The molecule has 1 aliphatic heterocycles. The van der Waals surface area contributed by atoms with Crippen LogP contribution >= 0.6 is 11.8 Å². The lowest BCUT2D eigenvalue weighted by Crippen LogP contribution is -2.70. The number of benzene rings is 2. The molecule has 194 valence electrons. The van der Waals surface area contributed by atoms with Crippen LogP contribution in [0.1, 0.15) is 35.7 Å². The Kier molecular flexibility index (Phi) is 9.97. The maximum Gasteiger partial charge on any atom is 0.252 e. The summed E-state index contributed by atoms with van der Waals surface area (Å²) in [6, 6.07) is 11.5. The smallest absolute Gasteiger partial charge is 0.252 e. The Bertz CT molecular complexity index is 1070. The van der Waals surface area contributed by atoms with Crippen molar-refractivity contribution in [3.8, 4) is 11.5 Å². The summed E-state index contributed by atoms with van der Waals surface area (Å²) in [6.45, 7) is 2.15. The Hall–Kier alpha value is -3.28. The molecular formula is C25H33N5O5S. The lowest BCUT2D eigenvalue weighted by atomic mass is 10.1. The largest absolute Gasteiger partial charge is 0.493 e. The van der Waals surface area contributed by atoms with E-state index in [1.807, 2.05) is 24.3 Å². The van der Waals surface area contributed by atoms with E-state index in [0.717, 1.165) is 24.9 Å². The monoisotopic (exact) mass is 515 g/mol. The summed E-state index contributed by atoms with van der Waals surface area (Å²) < 4.78 is 10.4. The van der Waals surface area contributed by atoms with Gasteiger partial charge in [0.05, 0.1) is 26.1 Å². The van der Waals surface area contributed by atoms with Gasteiger partial charge in [-0.05, 0) is 48.7 Å². The number of anilines is 1. The fraction of sp³-hybridized carbons (Fsp3) is 0.400. The van der Waals surface area contributed by atoms with Gasteiger partial charge in [0, 0.05) is 11.3 Å². The van der Waals surface area contributed by atoms with Gasteiger partial charge in [0.15, 0.2) is 11.5 Å². The van der Waals surface area contributed by atoms with E-state index < -0.39 is 29.5 Å². The summed E-state index contributed by atoms with van der Waals surface area (Å²) in [5.74, 6) is -0.158. The summed E-state index contributed by atoms with van der Waals surface area (Å²) in [5, 5.41) is 11.2. The van der Waals surface area contributed by atoms with E-state index in [4.69, 9.17) is 15.2 Å². The second-order valence-corrected chi connectivity index (χ2v) is 9.36. The van der Waals surface area contributed by atoms with E-state index in [-0.39, 0.29) is 11.7 Å². The van der Waals surface area contributed by atoms with Gasteiger partial charge in [-0.25, -0.2) is 0 Å². The number of ether oxygens (including phenoxy) is 2. The summed E-state index contributed by atoms with van der Waals surface area (Å²) in [5.41, 5.74) is 7.79. The third-order valence-corrected chi connectivity index (χ3v) is 6.65. The van der Waals surface area contributed by atoms with E-state index in [2.05, 4.69) is 28.2 Å². The molecule has 1 aliphatic rings. The first-order chi connectivity index (χ1) is 17.3. The first-order valence-electron chi connectivity index (χ1n) is 11.7. The van der Waals surface area contributed by atoms with Crippen molar-refractivity contribution in [2.45, 2.75) is 43.9 Å². The molecule has 0 spiro atoms. The van der Waals surface area contributed by atoms with Crippen molar-refractivity contribution in [1.29, 1.82) is 0 Å². The highest BCUT2D eigenvalue weighted by Gasteiger charge is 2.35. The number of thioether (sulfide) groups is 1. The Morgan fingerprint density at radius 2 is 1.81 bits per heavy atom. The molecule has 3 unspecified atom stereocenters. The summed E-state index contributed by atoms with van der Waals surface area (Å²) >= 11 is 1.19. The Morgan fingerprint density at radius 1 is 1.08 bits per heavy atom. The molecule has 1 fully saturated rings. The zero-order valence-corrected chi connectivity index (χ0v) is 21.4. The highest BCUT2D eigenvalue weighted by atomic mass is 32.2. The molecule has 2 aromatic rings. The van der Waals surface area contributed by atoms with Gasteiger partial charge in [-0.15, -0.1) is 11.8 Å². The molecule has 1 saturated heterocycles. The molecule has 0 saturated carbocycles. The molecular weight excluding hydrogens is 482 g/mol. The minimum atomic E-state index is -0.998. The molecule has 1 heterocycles. The first-order valence-corrected chi connectivity index (χ1v) is 12.7. The van der Waals surface area contributed by atoms with Gasteiger partial charge >= 0.3 is 0 Å². The van der Waals surface area contributed by atoms with Gasteiger partial charge in [-0.2, -0.15) is 0 Å². The van der Waals surface area contributed by atoms with Crippen LogP contribution in [0, 0.1) is 0 Å². The molecule has 11 heteroatoms. The number of carbonyl (C=O) groups excluding carboxylic acids is 3. The van der Waals surface area contributed by atoms with Crippen LogP contribution in [0.25, 0.3) is 0 Å². The molecule has 36 heavy (non-hydrogen) atoms. The van der Waals surface area contributed by atoms with Gasteiger partial charge < -0.3 is 31.2 Å². The van der Waals surface area contributed by atoms with Crippen molar-refractivity contribution in [1.82, 2.24) is 16.0 Å². The van der Waals surface area contributed by atoms with Gasteiger partial charge in [-0.1, -0.05) is 25.5 Å². The van der Waals surface area contributed by atoms with Gasteiger partial charge in [0.1, 0.15) is 11.5 Å². The molecule has 0 aromatic heterocycles. The fourth-order valence-corrected chi connectivity index (χ4v) is 4.48. The molecule has 0 radical (unpaired) electrons. The van der Waals surface area contributed by atoms with Crippen LogP contribution in [-0.2, 0) is 16.0 Å². The number of hydrogen-bond acceptors (Lipinski definition) is 8. The average molecular weight is 516 g/mol. The van der Waals surface area contributed by atoms with Crippen LogP contribution < -0.4 is 36.5 Å². The fourth-order valence-electron chi connectivity index (χ4n) is 3.63. The number of nitrogens with two attached hydrogens (primary N) is 1. The van der Waals surface area contributed by atoms with Crippen molar-refractivity contribution in [2.24, 2.45) is 5.73 Å². The minimum absolute atomic E-state index is 0.102. The zero-order chi connectivity index (χ0) is 26.1. The molecule has 6 N–H and O–H groups in total. The second kappa shape index (κ2) is 13.1. The van der Waals surface area contributed by atoms with Crippen LogP contribution in [-0.4, -0.2) is 55.4 Å². The van der Waals surface area contributed by atoms with E-state index in [1.165, 1.54) is 37.6 Å². The Balaban J connectivity index is 1.48. The Morgan fingerprint density at radius 3 is 2.44 bits per heavy atom. The number of methoxy groups -OCH3 is 2. The van der Waals surface area contributed by atoms with Gasteiger partial charge in [0.2, 0.25) is 11.8 Å². The van der Waals surface area contributed by atoms with Crippen molar-refractivity contribution in [3.05, 3.63) is 53.6 Å². The number of amides is 3. The highest BCUT2D eigenvalue weighted by molar-refractivity contribution is 8.00. The lowest BCUT2D eigenvalue weighted by Gasteiger charge is -2.35. The molecule has 2 aromatic carbocycles. The molecule has 0 bridgehead atoms. The first kappa shape index (κ1) is 27.3. The molecule has 3 rings (SSSR count). The predicted molar refractivity (Wildman–Crippen MR) is 140 cm³/mol. The maximum absolute atomic E-state index is 12.7. The summed E-state index contributed by atoms with van der Waals surface area (Å²) in [6.07, 6.45) is 2.43. The average Bonchev–Trinajstić information content (AvgIpc) is 2.88. The standard InChI is InChI=1S/C25H33N5O5S/c1-4-5-6-15-7-10-17(11-8-15)27-20(31)14-36-25-29-22(26)21(24(33)30-25)28-23(32)16-9-12-18(34-2)19(13-16)35-3/h7-13,21-22,25,29H,4-6,14,26H2,1-3H3,(H,27,31)(H,28,32)(H,30,33). The quantitative estimate of drug-likeness (QED) is 0.305. The Labute approximate surface area is 215 Å². The number of aryl methyl sites for hydroxylation is 1. The number of carbonyl (C=O) groups is 3. The molecule has 10 nitrogen and oxygen atoms in total. The molecule has 3 atom stereocenters. The molecule has 3 amide bonds. The van der Waals surface area contributed by atoms with Crippen LogP contribution in [0.3, 0.4) is 0 Å². The minimum Gasteiger partial charge on any atom is -0.493 e. The van der Waals surface area contributed by atoms with E-state index in [1.54, 1.807) is 12.1 Å². The van der Waals surface area contributed by atoms with E-state index >= 15 is 0 Å². The third-order valence-electron chi connectivity index (χ3n) is 5.63. The van der Waals surface area contributed by atoms with Crippen molar-refractivity contribution >= 4 is 35.2 Å². The van der Waals surface area contributed by atoms with Gasteiger partial charge in [-0.3, -0.25) is 19.7 Å². The highest BCUT2D eigenvalue weighted by Crippen LogP contribution is 2.27. The van der Waals surface area contributed by atoms with Crippen LogP contribution in [0.15, 0.2) is 42.5 Å². The van der Waals surface area contributed by atoms with Crippen LogP contribution in [0.5, 0.6) is 11.5 Å². The van der Waals surface area contributed by atoms with Crippen LogP contribution in [0.2, 0.25) is 0 Å². The number of unbranched alkanes of at least 4 members (excludes halogenated alkanes) is 1. The normalized spacial score (nSPS) is 19.2. The SMILES string of the molecule is CCCCc1ccc(NC(=O)CSC2NC(=O)C(NC(=O)c3ccc(OC)c(OC)c3)C(N)N2)cc1. The summed E-state index contributed by atoms with van der Waals surface area (Å²) in [7, 11) is 2.97. The van der Waals surface area contributed by atoms with E-state index in [0.29, 0.717) is 17.1 Å². The number of rotatable bonds is 11. The van der Waals surface area contributed by atoms with Crippen molar-refractivity contribution < 1.29 is 23.9 Å². The maximum atomic E-state index is 12.7. The summed E-state index contributed by atoms with van der Waals surface area (Å²) in [4.78, 5) is 37.7. The van der Waals surface area contributed by atoms with Crippen LogP contribution in [0.4, 0.5) is 5.69 Å². The van der Waals surface area contributed by atoms with Crippen molar-refractivity contribution in [3.63, 3.8) is 0 Å². The number of nitrogens with one attached hydrogen (secondary N) is 4. The number of hydrogen-bond donors (Lipinski definition) is 5.